The van der Waals surface area contributed by atoms with Crippen LogP contribution in [0.25, 0.3) is 0 Å². The van der Waals surface area contributed by atoms with Crippen LogP contribution in [0.15, 0.2) is 72.8 Å². The summed E-state index contributed by atoms with van der Waals surface area (Å²) in [5.41, 5.74) is 2.14. The quantitative estimate of drug-likeness (QED) is 0.509. The number of carbonyl (C=O) groups is 3. The van der Waals surface area contributed by atoms with Gasteiger partial charge < -0.3 is 24.8 Å². The number of benzene rings is 3. The zero-order chi connectivity index (χ0) is 23.0. The van der Waals surface area contributed by atoms with Gasteiger partial charge in [-0.3, -0.25) is 9.59 Å². The molecule has 0 unspecified atom stereocenters. The minimum atomic E-state index is -0.676. The van der Waals surface area contributed by atoms with E-state index in [1.807, 2.05) is 18.2 Å². The van der Waals surface area contributed by atoms with Crippen LogP contribution in [0.3, 0.4) is 0 Å². The summed E-state index contributed by atoms with van der Waals surface area (Å²) in [6.07, 6.45) is 1.02. The van der Waals surface area contributed by atoms with Gasteiger partial charge >= 0.3 is 5.97 Å². The van der Waals surface area contributed by atoms with Crippen molar-refractivity contribution in [2.24, 2.45) is 0 Å². The van der Waals surface area contributed by atoms with E-state index in [0.29, 0.717) is 35.8 Å². The molecular weight excluding hydrogens is 424 g/mol. The summed E-state index contributed by atoms with van der Waals surface area (Å²) < 4.78 is 16.3. The number of amides is 2. The number of nitrogens with one attached hydrogen (secondary N) is 2. The van der Waals surface area contributed by atoms with Crippen molar-refractivity contribution >= 4 is 29.2 Å². The molecule has 168 valence electrons. The lowest BCUT2D eigenvalue weighted by molar-refractivity contribution is -0.149. The number of ether oxygens (including phenoxy) is 3. The Hall–Kier alpha value is -4.33. The Labute approximate surface area is 190 Å². The summed E-state index contributed by atoms with van der Waals surface area (Å²) in [7, 11) is 0. The third kappa shape index (κ3) is 6.10. The first-order valence-electron chi connectivity index (χ1n) is 10.4. The molecule has 0 spiro atoms. The number of anilines is 2. The molecule has 1 aliphatic rings. The number of aryl methyl sites for hydroxylation is 1. The van der Waals surface area contributed by atoms with Gasteiger partial charge in [-0.2, -0.15) is 0 Å². The molecule has 0 aliphatic carbocycles. The largest absolute Gasteiger partial charge is 0.482 e. The molecule has 3 aromatic rings. The summed E-state index contributed by atoms with van der Waals surface area (Å²) in [5.74, 6) is 0.384. The molecule has 0 bridgehead atoms. The zero-order valence-electron chi connectivity index (χ0n) is 17.7. The van der Waals surface area contributed by atoms with E-state index in [0.717, 1.165) is 11.3 Å². The highest BCUT2D eigenvalue weighted by molar-refractivity contribution is 5.94. The molecule has 33 heavy (non-hydrogen) atoms. The van der Waals surface area contributed by atoms with E-state index in [2.05, 4.69) is 10.6 Å². The maximum Gasteiger partial charge on any atom is 0.344 e. The normalized spacial score (nSPS) is 12.2. The molecule has 0 fully saturated rings. The standard InChI is InChI=1S/C25H22N2O6/c28-23-13-10-17-14-19(11-12-20(17)26-23)31-16-25(30)32-15-24(29)27-21-8-4-5-9-22(21)33-18-6-2-1-3-7-18/h1-9,11-12,14H,10,13,15-16H2,(H,26,28)(H,27,29). The minimum absolute atomic E-state index is 0.0210. The van der Waals surface area contributed by atoms with E-state index in [9.17, 15) is 14.4 Å². The molecule has 8 nitrogen and oxygen atoms in total. The number of carbonyl (C=O) groups excluding carboxylic acids is 3. The van der Waals surface area contributed by atoms with Gasteiger partial charge in [-0.1, -0.05) is 30.3 Å². The van der Waals surface area contributed by atoms with Crippen molar-refractivity contribution in [2.75, 3.05) is 23.8 Å². The first-order valence-corrected chi connectivity index (χ1v) is 10.4. The first-order chi connectivity index (χ1) is 16.1. The van der Waals surface area contributed by atoms with Gasteiger partial charge in [-0.25, -0.2) is 4.79 Å². The fourth-order valence-electron chi connectivity index (χ4n) is 3.24. The van der Waals surface area contributed by atoms with Crippen LogP contribution in [0.5, 0.6) is 17.2 Å². The zero-order valence-corrected chi connectivity index (χ0v) is 17.7. The van der Waals surface area contributed by atoms with Crippen LogP contribution in [0.4, 0.5) is 11.4 Å². The van der Waals surface area contributed by atoms with Crippen LogP contribution in [0, 0.1) is 0 Å². The molecule has 0 saturated heterocycles. The SMILES string of the molecule is O=C1CCc2cc(OCC(=O)OCC(=O)Nc3ccccc3Oc3ccccc3)ccc2N1. The average molecular weight is 446 g/mol. The predicted octanol–water partition coefficient (Wildman–Crippen LogP) is 3.92. The monoisotopic (exact) mass is 446 g/mol. The highest BCUT2D eigenvalue weighted by Crippen LogP contribution is 2.29. The highest BCUT2D eigenvalue weighted by atomic mass is 16.6. The van der Waals surface area contributed by atoms with Crippen LogP contribution < -0.4 is 20.1 Å². The van der Waals surface area contributed by atoms with Gasteiger partial charge in [-0.05, 0) is 54.4 Å². The molecule has 0 saturated carbocycles. The van der Waals surface area contributed by atoms with Crippen molar-refractivity contribution in [3.05, 3.63) is 78.4 Å². The Bertz CT molecular complexity index is 1160. The summed E-state index contributed by atoms with van der Waals surface area (Å²) in [5, 5.41) is 5.46. The van der Waals surface area contributed by atoms with Gasteiger partial charge in [0.1, 0.15) is 11.5 Å². The van der Waals surface area contributed by atoms with E-state index in [-0.39, 0.29) is 12.5 Å². The smallest absolute Gasteiger partial charge is 0.344 e. The van der Waals surface area contributed by atoms with Gasteiger partial charge in [0.2, 0.25) is 5.91 Å². The van der Waals surface area contributed by atoms with Gasteiger partial charge in [0.15, 0.2) is 19.0 Å². The maximum absolute atomic E-state index is 12.3. The number of para-hydroxylation sites is 3. The maximum atomic E-state index is 12.3. The van der Waals surface area contributed by atoms with E-state index in [4.69, 9.17) is 14.2 Å². The summed E-state index contributed by atoms with van der Waals surface area (Å²) in [6, 6.07) is 21.3. The Morgan fingerprint density at radius 3 is 2.52 bits per heavy atom. The summed E-state index contributed by atoms with van der Waals surface area (Å²) in [4.78, 5) is 35.7. The van der Waals surface area contributed by atoms with E-state index in [1.54, 1.807) is 54.6 Å². The predicted molar refractivity (Wildman–Crippen MR) is 121 cm³/mol. The molecule has 0 atom stereocenters. The van der Waals surface area contributed by atoms with Crippen LogP contribution in [0.2, 0.25) is 0 Å². The first kappa shape index (κ1) is 21.9. The fourth-order valence-corrected chi connectivity index (χ4v) is 3.24. The summed E-state index contributed by atoms with van der Waals surface area (Å²) in [6.45, 7) is -0.801. The van der Waals surface area contributed by atoms with Gasteiger partial charge in [0, 0.05) is 12.1 Å². The van der Waals surface area contributed by atoms with Crippen molar-refractivity contribution in [2.45, 2.75) is 12.8 Å². The molecule has 0 radical (unpaired) electrons. The van der Waals surface area contributed by atoms with Crippen LogP contribution in [-0.4, -0.2) is 31.0 Å². The summed E-state index contributed by atoms with van der Waals surface area (Å²) >= 11 is 0. The van der Waals surface area contributed by atoms with Crippen LogP contribution >= 0.6 is 0 Å². The van der Waals surface area contributed by atoms with Crippen molar-refractivity contribution in [1.29, 1.82) is 0 Å². The molecule has 3 aromatic carbocycles. The van der Waals surface area contributed by atoms with Crippen molar-refractivity contribution in [1.82, 2.24) is 0 Å². The second-order valence-corrected chi connectivity index (χ2v) is 7.28. The Morgan fingerprint density at radius 1 is 0.879 bits per heavy atom. The second kappa shape index (κ2) is 10.3. The Kier molecular flexibility index (Phi) is 6.84. The molecule has 1 heterocycles. The molecular formula is C25H22N2O6. The molecule has 2 amide bonds. The van der Waals surface area contributed by atoms with E-state index < -0.39 is 18.5 Å². The van der Waals surface area contributed by atoms with Crippen LogP contribution in [0.1, 0.15) is 12.0 Å². The Balaban J connectivity index is 1.25. The third-order valence-corrected chi connectivity index (χ3v) is 4.83. The van der Waals surface area contributed by atoms with Crippen molar-refractivity contribution in [3.63, 3.8) is 0 Å². The fraction of sp³-hybridized carbons (Fsp3) is 0.160. The lowest BCUT2D eigenvalue weighted by atomic mass is 10.0. The molecule has 0 aromatic heterocycles. The highest BCUT2D eigenvalue weighted by Gasteiger charge is 2.16. The molecule has 1 aliphatic heterocycles. The number of hydrogen-bond donors (Lipinski definition) is 2. The van der Waals surface area contributed by atoms with Crippen molar-refractivity contribution in [3.8, 4) is 17.2 Å². The van der Waals surface area contributed by atoms with Crippen LogP contribution in [-0.2, 0) is 25.5 Å². The van der Waals surface area contributed by atoms with Crippen molar-refractivity contribution < 1.29 is 28.6 Å². The van der Waals surface area contributed by atoms with Gasteiger partial charge in [0.05, 0.1) is 5.69 Å². The molecule has 8 heteroatoms. The van der Waals surface area contributed by atoms with E-state index >= 15 is 0 Å². The average Bonchev–Trinajstić information content (AvgIpc) is 2.83. The second-order valence-electron chi connectivity index (χ2n) is 7.28. The molecule has 2 N–H and O–H groups in total. The molecule has 4 rings (SSSR count). The number of rotatable bonds is 8. The van der Waals surface area contributed by atoms with E-state index in [1.165, 1.54) is 0 Å². The lowest BCUT2D eigenvalue weighted by Gasteiger charge is -2.17. The third-order valence-electron chi connectivity index (χ3n) is 4.83. The number of esters is 1. The number of fused-ring (bicyclic) bond motifs is 1. The number of hydrogen-bond acceptors (Lipinski definition) is 6. The Morgan fingerprint density at radius 2 is 1.67 bits per heavy atom. The van der Waals surface area contributed by atoms with Gasteiger partial charge in [-0.15, -0.1) is 0 Å². The minimum Gasteiger partial charge on any atom is -0.482 e. The van der Waals surface area contributed by atoms with Gasteiger partial charge in [0.25, 0.3) is 5.91 Å². The topological polar surface area (TPSA) is 103 Å². The lowest BCUT2D eigenvalue weighted by Crippen LogP contribution is -2.24.